The summed E-state index contributed by atoms with van der Waals surface area (Å²) in [6, 6.07) is 15.3. The summed E-state index contributed by atoms with van der Waals surface area (Å²) in [5.41, 5.74) is 7.62. The van der Waals surface area contributed by atoms with E-state index in [9.17, 15) is 0 Å². The van der Waals surface area contributed by atoms with Gasteiger partial charge in [0.25, 0.3) is 0 Å². The molecular weight excluding hydrogens is 262 g/mol. The van der Waals surface area contributed by atoms with Crippen molar-refractivity contribution in [3.63, 3.8) is 0 Å². The van der Waals surface area contributed by atoms with Crippen LogP contribution in [0.1, 0.15) is 37.3 Å². The molecule has 1 fully saturated rings. The van der Waals surface area contributed by atoms with Crippen LogP contribution in [0.5, 0.6) is 0 Å². The lowest BCUT2D eigenvalue weighted by Gasteiger charge is -2.14. The van der Waals surface area contributed by atoms with Crippen molar-refractivity contribution in [3.05, 3.63) is 48.0 Å². The topological polar surface area (TPSA) is 26.0 Å². The summed E-state index contributed by atoms with van der Waals surface area (Å²) in [5.74, 6) is 3.28. The van der Waals surface area contributed by atoms with Crippen LogP contribution in [0.25, 0.3) is 10.8 Å². The lowest BCUT2D eigenvalue weighted by Crippen LogP contribution is -2.14. The zero-order valence-corrected chi connectivity index (χ0v) is 12.7. The quantitative estimate of drug-likeness (QED) is 0.857. The van der Waals surface area contributed by atoms with E-state index in [1.807, 2.05) is 11.8 Å². The second kappa shape index (κ2) is 6.64. The fourth-order valence-corrected chi connectivity index (χ4v) is 4.32. The van der Waals surface area contributed by atoms with Gasteiger partial charge in [-0.2, -0.15) is 11.8 Å². The van der Waals surface area contributed by atoms with Gasteiger partial charge in [0.15, 0.2) is 0 Å². The maximum atomic E-state index is 6.35. The number of fused-ring (bicyclic) bond motifs is 1. The van der Waals surface area contributed by atoms with E-state index in [1.165, 1.54) is 47.8 Å². The molecule has 1 nitrogen and oxygen atoms in total. The van der Waals surface area contributed by atoms with Crippen molar-refractivity contribution in [2.75, 3.05) is 11.5 Å². The Labute approximate surface area is 125 Å². The molecule has 2 aromatic rings. The molecule has 20 heavy (non-hydrogen) atoms. The molecule has 3 rings (SSSR count). The lowest BCUT2D eigenvalue weighted by molar-refractivity contribution is 0.622. The molecule has 106 valence electrons. The molecule has 1 unspecified atom stereocenters. The number of nitrogens with two attached hydrogens (primary N) is 1. The smallest absolute Gasteiger partial charge is 0.0387 e. The van der Waals surface area contributed by atoms with Crippen LogP contribution >= 0.6 is 11.8 Å². The Bertz CT molecular complexity index is 560. The molecule has 0 amide bonds. The van der Waals surface area contributed by atoms with E-state index in [-0.39, 0.29) is 6.04 Å². The summed E-state index contributed by atoms with van der Waals surface area (Å²) in [5, 5.41) is 2.59. The molecule has 1 saturated carbocycles. The van der Waals surface area contributed by atoms with Crippen LogP contribution in [0.2, 0.25) is 0 Å². The molecule has 0 radical (unpaired) electrons. The average Bonchev–Trinajstić information content (AvgIpc) is 3.00. The van der Waals surface area contributed by atoms with Gasteiger partial charge >= 0.3 is 0 Å². The molecule has 1 atom stereocenters. The van der Waals surface area contributed by atoms with Gasteiger partial charge in [-0.25, -0.2) is 0 Å². The molecule has 1 aliphatic rings. The van der Waals surface area contributed by atoms with Gasteiger partial charge in [0.1, 0.15) is 0 Å². The molecule has 0 bridgehead atoms. The predicted molar refractivity (Wildman–Crippen MR) is 90.2 cm³/mol. The van der Waals surface area contributed by atoms with Crippen molar-refractivity contribution in [1.82, 2.24) is 0 Å². The molecule has 2 N–H and O–H groups in total. The Kier molecular flexibility index (Phi) is 4.64. The van der Waals surface area contributed by atoms with Gasteiger partial charge in [0, 0.05) is 11.8 Å². The van der Waals surface area contributed by atoms with Crippen LogP contribution in [0.3, 0.4) is 0 Å². The molecule has 0 spiro atoms. The van der Waals surface area contributed by atoms with Gasteiger partial charge in [0.05, 0.1) is 0 Å². The minimum Gasteiger partial charge on any atom is -0.323 e. The van der Waals surface area contributed by atoms with E-state index >= 15 is 0 Å². The highest BCUT2D eigenvalue weighted by molar-refractivity contribution is 7.99. The van der Waals surface area contributed by atoms with Crippen LogP contribution in [0, 0.1) is 5.92 Å². The minimum atomic E-state index is 0.158. The Morgan fingerprint density at radius 3 is 2.60 bits per heavy atom. The summed E-state index contributed by atoms with van der Waals surface area (Å²) in [6.45, 7) is 0. The highest BCUT2D eigenvalue weighted by Gasteiger charge is 2.15. The van der Waals surface area contributed by atoms with Gasteiger partial charge in [-0.3, -0.25) is 0 Å². The van der Waals surface area contributed by atoms with E-state index < -0.39 is 0 Å². The minimum absolute atomic E-state index is 0.158. The predicted octanol–water partition coefficient (Wildman–Crippen LogP) is 4.76. The Morgan fingerprint density at radius 2 is 1.80 bits per heavy atom. The van der Waals surface area contributed by atoms with E-state index in [0.717, 1.165) is 11.7 Å². The average molecular weight is 285 g/mol. The van der Waals surface area contributed by atoms with E-state index in [2.05, 4.69) is 42.5 Å². The largest absolute Gasteiger partial charge is 0.323 e. The van der Waals surface area contributed by atoms with E-state index in [1.54, 1.807) is 0 Å². The first-order valence-electron chi connectivity index (χ1n) is 7.65. The molecule has 1 aliphatic carbocycles. The molecule has 2 aromatic carbocycles. The fourth-order valence-electron chi connectivity index (χ4n) is 3.07. The Hall–Kier alpha value is -0.990. The summed E-state index contributed by atoms with van der Waals surface area (Å²) in [6.07, 6.45) is 5.72. The maximum absolute atomic E-state index is 6.35. The van der Waals surface area contributed by atoms with Gasteiger partial charge in [-0.05, 0) is 46.9 Å². The van der Waals surface area contributed by atoms with Crippen molar-refractivity contribution in [3.8, 4) is 0 Å². The second-order valence-electron chi connectivity index (χ2n) is 5.90. The van der Waals surface area contributed by atoms with Crippen molar-refractivity contribution in [2.45, 2.75) is 31.7 Å². The zero-order valence-electron chi connectivity index (χ0n) is 11.9. The van der Waals surface area contributed by atoms with Gasteiger partial charge in [-0.1, -0.05) is 49.2 Å². The first-order valence-corrected chi connectivity index (χ1v) is 8.80. The molecule has 2 heteroatoms. The summed E-state index contributed by atoms with van der Waals surface area (Å²) in [4.78, 5) is 0. The molecule has 0 heterocycles. The van der Waals surface area contributed by atoms with Crippen molar-refractivity contribution in [1.29, 1.82) is 0 Å². The van der Waals surface area contributed by atoms with Crippen LogP contribution in [0.15, 0.2) is 42.5 Å². The van der Waals surface area contributed by atoms with E-state index in [4.69, 9.17) is 5.73 Å². The van der Waals surface area contributed by atoms with Crippen LogP contribution < -0.4 is 5.73 Å². The summed E-state index contributed by atoms with van der Waals surface area (Å²) < 4.78 is 0. The van der Waals surface area contributed by atoms with Crippen LogP contribution in [-0.4, -0.2) is 11.5 Å². The third-order valence-electron chi connectivity index (χ3n) is 4.33. The van der Waals surface area contributed by atoms with Crippen molar-refractivity contribution >= 4 is 22.5 Å². The monoisotopic (exact) mass is 285 g/mol. The van der Waals surface area contributed by atoms with E-state index in [0.29, 0.717) is 0 Å². The van der Waals surface area contributed by atoms with Crippen LogP contribution in [-0.2, 0) is 0 Å². The Morgan fingerprint density at radius 1 is 1.05 bits per heavy atom. The maximum Gasteiger partial charge on any atom is 0.0387 e. The van der Waals surface area contributed by atoms with Gasteiger partial charge in [0.2, 0.25) is 0 Å². The molecular formula is C18H23NS. The first-order chi connectivity index (χ1) is 9.83. The number of hydrogen-bond acceptors (Lipinski definition) is 2. The number of benzene rings is 2. The van der Waals surface area contributed by atoms with Gasteiger partial charge < -0.3 is 5.73 Å². The Balaban J connectivity index is 1.58. The second-order valence-corrected chi connectivity index (χ2v) is 6.98. The SMILES string of the molecule is NC(CSCC1CCCC1)c1ccc2ccccc2c1. The molecule has 0 aliphatic heterocycles. The number of hydrogen-bond donors (Lipinski definition) is 1. The fraction of sp³-hybridized carbons (Fsp3) is 0.444. The third-order valence-corrected chi connectivity index (χ3v) is 5.63. The van der Waals surface area contributed by atoms with Crippen molar-refractivity contribution < 1.29 is 0 Å². The highest BCUT2D eigenvalue weighted by atomic mass is 32.2. The standard InChI is InChI=1S/C18H23NS/c19-18(13-20-12-14-5-1-2-6-14)17-10-9-15-7-3-4-8-16(15)11-17/h3-4,7-11,14,18H,1-2,5-6,12-13,19H2. The normalized spacial score (nSPS) is 17.6. The number of thioether (sulfide) groups is 1. The van der Waals surface area contributed by atoms with Crippen LogP contribution in [0.4, 0.5) is 0 Å². The highest BCUT2D eigenvalue weighted by Crippen LogP contribution is 2.29. The number of rotatable bonds is 5. The van der Waals surface area contributed by atoms with Crippen molar-refractivity contribution in [2.24, 2.45) is 11.7 Å². The summed E-state index contributed by atoms with van der Waals surface area (Å²) in [7, 11) is 0. The first kappa shape index (κ1) is 14.0. The summed E-state index contributed by atoms with van der Waals surface area (Å²) >= 11 is 2.03. The van der Waals surface area contributed by atoms with Gasteiger partial charge in [-0.15, -0.1) is 0 Å². The zero-order chi connectivity index (χ0) is 13.8. The lowest BCUT2D eigenvalue weighted by atomic mass is 10.0. The molecule has 0 aromatic heterocycles. The third kappa shape index (κ3) is 3.36. The molecule has 0 saturated heterocycles.